The van der Waals surface area contributed by atoms with Gasteiger partial charge < -0.3 is 5.11 Å². The molecule has 0 aliphatic heterocycles. The highest BCUT2D eigenvalue weighted by Crippen LogP contribution is 2.32. The van der Waals surface area contributed by atoms with Gasteiger partial charge >= 0.3 is 5.97 Å². The van der Waals surface area contributed by atoms with E-state index in [1.54, 1.807) is 17.4 Å². The molecule has 0 amide bonds. The Morgan fingerprint density at radius 2 is 2.21 bits per heavy atom. The number of hydrogen-bond acceptors (Lipinski definition) is 3. The van der Waals surface area contributed by atoms with Crippen molar-refractivity contribution in [3.05, 3.63) is 28.6 Å². The Labute approximate surface area is 90.6 Å². The maximum absolute atomic E-state index is 10.9. The quantitative estimate of drug-likeness (QED) is 0.730. The fourth-order valence-corrected chi connectivity index (χ4v) is 2.93. The lowest BCUT2D eigenvalue weighted by atomic mass is 10.1. The first kappa shape index (κ1) is 9.55. The number of aryl methyl sites for hydroxylation is 1. The van der Waals surface area contributed by atoms with E-state index in [-0.39, 0.29) is 5.56 Å². The largest absolute Gasteiger partial charge is 0.478 e. The molecular formula is C10H8O2S2. The standard InChI is InChI=1S/C10H8O2S2/c1-5-4-14-7-3-2-6(10(11)12)9(13)8(5)7/h2-4,13H,1H3,(H,11,12). The molecular weight excluding hydrogens is 216 g/mol. The lowest BCUT2D eigenvalue weighted by Crippen LogP contribution is -1.97. The van der Waals surface area contributed by atoms with Gasteiger partial charge in [0.05, 0.1) is 5.56 Å². The van der Waals surface area contributed by atoms with Gasteiger partial charge in [0.2, 0.25) is 0 Å². The van der Waals surface area contributed by atoms with Crippen LogP contribution in [-0.4, -0.2) is 11.1 Å². The number of thiol groups is 1. The molecule has 2 aromatic rings. The minimum atomic E-state index is -0.928. The molecule has 4 heteroatoms. The number of rotatable bonds is 1. The van der Waals surface area contributed by atoms with E-state index >= 15 is 0 Å². The molecule has 72 valence electrons. The summed E-state index contributed by atoms with van der Waals surface area (Å²) in [4.78, 5) is 11.4. The second-order valence-electron chi connectivity index (χ2n) is 3.06. The van der Waals surface area contributed by atoms with Crippen LogP contribution in [-0.2, 0) is 0 Å². The van der Waals surface area contributed by atoms with E-state index in [9.17, 15) is 4.79 Å². The molecule has 14 heavy (non-hydrogen) atoms. The zero-order valence-corrected chi connectivity index (χ0v) is 9.15. The van der Waals surface area contributed by atoms with Crippen LogP contribution < -0.4 is 0 Å². The zero-order valence-electron chi connectivity index (χ0n) is 7.44. The van der Waals surface area contributed by atoms with Crippen molar-refractivity contribution in [1.29, 1.82) is 0 Å². The van der Waals surface area contributed by atoms with Crippen LogP contribution >= 0.6 is 24.0 Å². The minimum absolute atomic E-state index is 0.266. The SMILES string of the molecule is Cc1csc2ccc(C(=O)O)c(S)c12. The predicted octanol–water partition coefficient (Wildman–Crippen LogP) is 3.20. The molecule has 1 N–H and O–H groups in total. The number of carboxylic acid groups (broad SMARTS) is 1. The second kappa shape index (κ2) is 3.29. The van der Waals surface area contributed by atoms with Crippen molar-refractivity contribution in [2.24, 2.45) is 0 Å². The van der Waals surface area contributed by atoms with Crippen LogP contribution in [0.25, 0.3) is 10.1 Å². The lowest BCUT2D eigenvalue weighted by Gasteiger charge is -2.01. The number of carbonyl (C=O) groups is 1. The smallest absolute Gasteiger partial charge is 0.336 e. The minimum Gasteiger partial charge on any atom is -0.478 e. The molecule has 0 saturated heterocycles. The summed E-state index contributed by atoms with van der Waals surface area (Å²) < 4.78 is 1.08. The van der Waals surface area contributed by atoms with Crippen molar-refractivity contribution < 1.29 is 9.90 Å². The Morgan fingerprint density at radius 3 is 2.86 bits per heavy atom. The summed E-state index contributed by atoms with van der Waals surface area (Å²) in [5.74, 6) is -0.928. The summed E-state index contributed by atoms with van der Waals surface area (Å²) in [6, 6.07) is 3.43. The van der Waals surface area contributed by atoms with Crippen LogP contribution in [0.1, 0.15) is 15.9 Å². The second-order valence-corrected chi connectivity index (χ2v) is 4.42. The molecule has 0 fully saturated rings. The number of benzene rings is 1. The van der Waals surface area contributed by atoms with Gasteiger partial charge in [0.25, 0.3) is 0 Å². The fraction of sp³-hybridized carbons (Fsp3) is 0.100. The summed E-state index contributed by atoms with van der Waals surface area (Å²) in [7, 11) is 0. The molecule has 0 unspecified atom stereocenters. The van der Waals surface area contributed by atoms with Crippen molar-refractivity contribution in [1.82, 2.24) is 0 Å². The number of thiophene rings is 1. The summed E-state index contributed by atoms with van der Waals surface area (Å²) in [5.41, 5.74) is 1.35. The zero-order chi connectivity index (χ0) is 10.3. The average molecular weight is 224 g/mol. The van der Waals surface area contributed by atoms with E-state index < -0.39 is 5.97 Å². The van der Waals surface area contributed by atoms with Gasteiger partial charge in [-0.2, -0.15) is 0 Å². The van der Waals surface area contributed by atoms with Gasteiger partial charge in [0.1, 0.15) is 0 Å². The van der Waals surface area contributed by atoms with Gasteiger partial charge in [0, 0.05) is 15.0 Å². The first-order chi connectivity index (χ1) is 6.61. The summed E-state index contributed by atoms with van der Waals surface area (Å²) in [6.07, 6.45) is 0. The summed E-state index contributed by atoms with van der Waals surface area (Å²) in [6.45, 7) is 1.96. The molecule has 0 aliphatic rings. The predicted molar refractivity (Wildman–Crippen MR) is 60.8 cm³/mol. The molecule has 0 bridgehead atoms. The first-order valence-electron chi connectivity index (χ1n) is 4.04. The van der Waals surface area contributed by atoms with E-state index in [1.165, 1.54) is 0 Å². The maximum atomic E-state index is 10.9. The summed E-state index contributed by atoms with van der Waals surface area (Å²) >= 11 is 5.87. The Bertz CT molecular complexity index is 514. The number of hydrogen-bond donors (Lipinski definition) is 2. The van der Waals surface area contributed by atoms with Crippen molar-refractivity contribution in [2.45, 2.75) is 11.8 Å². The highest BCUT2D eigenvalue weighted by Gasteiger charge is 2.12. The fourth-order valence-electron chi connectivity index (χ4n) is 1.44. The van der Waals surface area contributed by atoms with E-state index in [0.29, 0.717) is 4.90 Å². The van der Waals surface area contributed by atoms with Crippen LogP contribution in [0.15, 0.2) is 22.4 Å². The van der Waals surface area contributed by atoms with E-state index in [1.807, 2.05) is 18.4 Å². The topological polar surface area (TPSA) is 37.3 Å². The Kier molecular flexibility index (Phi) is 2.25. The van der Waals surface area contributed by atoms with Gasteiger partial charge in [-0.1, -0.05) is 0 Å². The maximum Gasteiger partial charge on any atom is 0.336 e. The van der Waals surface area contributed by atoms with Crippen LogP contribution in [0, 0.1) is 6.92 Å². The number of carboxylic acids is 1. The highest BCUT2D eigenvalue weighted by atomic mass is 32.1. The third kappa shape index (κ3) is 1.31. The van der Waals surface area contributed by atoms with Gasteiger partial charge in [-0.3, -0.25) is 0 Å². The molecule has 1 aromatic heterocycles. The van der Waals surface area contributed by atoms with Crippen LogP contribution in [0.2, 0.25) is 0 Å². The van der Waals surface area contributed by atoms with Crippen molar-refractivity contribution in [3.63, 3.8) is 0 Å². The molecule has 2 nitrogen and oxygen atoms in total. The van der Waals surface area contributed by atoms with Gasteiger partial charge in [-0.15, -0.1) is 24.0 Å². The van der Waals surface area contributed by atoms with Crippen LogP contribution in [0.3, 0.4) is 0 Å². The van der Waals surface area contributed by atoms with Gasteiger partial charge in [-0.05, 0) is 30.0 Å². The van der Waals surface area contributed by atoms with Gasteiger partial charge in [-0.25, -0.2) is 4.79 Å². The molecule has 0 atom stereocenters. The Morgan fingerprint density at radius 1 is 1.50 bits per heavy atom. The molecule has 0 radical (unpaired) electrons. The third-order valence-corrected chi connectivity index (χ3v) is 3.66. The lowest BCUT2D eigenvalue weighted by molar-refractivity contribution is 0.0693. The van der Waals surface area contributed by atoms with Crippen LogP contribution in [0.5, 0.6) is 0 Å². The molecule has 0 spiro atoms. The number of fused-ring (bicyclic) bond motifs is 1. The third-order valence-electron chi connectivity index (χ3n) is 2.13. The van der Waals surface area contributed by atoms with Crippen LogP contribution in [0.4, 0.5) is 0 Å². The van der Waals surface area contributed by atoms with Gasteiger partial charge in [0.15, 0.2) is 0 Å². The van der Waals surface area contributed by atoms with E-state index in [0.717, 1.165) is 15.6 Å². The molecule has 0 aliphatic carbocycles. The molecule has 1 aromatic carbocycles. The molecule has 1 heterocycles. The Balaban J connectivity index is 2.86. The first-order valence-corrected chi connectivity index (χ1v) is 5.37. The average Bonchev–Trinajstić information content (AvgIpc) is 2.48. The van der Waals surface area contributed by atoms with Crippen molar-refractivity contribution >= 4 is 40.0 Å². The molecule has 0 saturated carbocycles. The normalized spacial score (nSPS) is 10.7. The Hall–Kier alpha value is -1.00. The highest BCUT2D eigenvalue weighted by molar-refractivity contribution is 7.80. The number of aromatic carboxylic acids is 1. The van der Waals surface area contributed by atoms with Crippen molar-refractivity contribution in [2.75, 3.05) is 0 Å². The van der Waals surface area contributed by atoms with Crippen molar-refractivity contribution in [3.8, 4) is 0 Å². The monoisotopic (exact) mass is 224 g/mol. The summed E-state index contributed by atoms with van der Waals surface area (Å²) in [5, 5.41) is 11.9. The van der Waals surface area contributed by atoms with E-state index in [2.05, 4.69) is 12.6 Å². The van der Waals surface area contributed by atoms with E-state index in [4.69, 9.17) is 5.11 Å². The molecule has 2 rings (SSSR count).